The van der Waals surface area contributed by atoms with Crippen molar-refractivity contribution < 1.29 is 4.79 Å². The number of carbonyl (C=O) groups is 1. The summed E-state index contributed by atoms with van der Waals surface area (Å²) in [6.07, 6.45) is 3.00. The number of Topliss-reactive ketones (excluding diaryl/α,β-unsaturated/α-hetero) is 1. The summed E-state index contributed by atoms with van der Waals surface area (Å²) in [6, 6.07) is 0. The van der Waals surface area contributed by atoms with Crippen LogP contribution in [0.5, 0.6) is 0 Å². The van der Waals surface area contributed by atoms with E-state index in [1.807, 2.05) is 0 Å². The van der Waals surface area contributed by atoms with Crippen molar-refractivity contribution in [1.29, 1.82) is 0 Å². The molecular weight excluding hydrogens is 210 g/mol. The fourth-order valence-corrected chi connectivity index (χ4v) is 2.19. The molecule has 2 rings (SSSR count). The van der Waals surface area contributed by atoms with E-state index in [1.54, 1.807) is 0 Å². The van der Waals surface area contributed by atoms with Gasteiger partial charge in [-0.1, -0.05) is 0 Å². The molecular formula is C10H13N3OS. The van der Waals surface area contributed by atoms with E-state index in [0.29, 0.717) is 24.2 Å². The van der Waals surface area contributed by atoms with Crippen LogP contribution in [-0.2, 0) is 12.8 Å². The topological polar surface area (TPSA) is 71.8 Å². The highest BCUT2D eigenvalue weighted by atomic mass is 32.1. The van der Waals surface area contributed by atoms with Gasteiger partial charge in [-0.2, -0.15) is 0 Å². The lowest BCUT2D eigenvalue weighted by molar-refractivity contribution is 0.0970. The van der Waals surface area contributed by atoms with Crippen molar-refractivity contribution in [3.8, 4) is 0 Å². The minimum Gasteiger partial charge on any atom is -0.334 e. The van der Waals surface area contributed by atoms with Crippen molar-refractivity contribution in [1.82, 2.24) is 9.97 Å². The predicted molar refractivity (Wildman–Crippen MR) is 59.4 cm³/mol. The van der Waals surface area contributed by atoms with E-state index in [9.17, 15) is 4.79 Å². The smallest absolute Gasteiger partial charge is 0.197 e. The molecule has 0 aromatic carbocycles. The van der Waals surface area contributed by atoms with Gasteiger partial charge in [-0.25, -0.2) is 4.98 Å². The number of nitrogens with two attached hydrogens (primary N) is 1. The zero-order chi connectivity index (χ0) is 10.8. The molecule has 15 heavy (non-hydrogen) atoms. The molecule has 1 aromatic heterocycles. The van der Waals surface area contributed by atoms with E-state index in [2.05, 4.69) is 9.97 Å². The number of nitrogens with zero attached hydrogens (tertiary/aromatic N) is 1. The van der Waals surface area contributed by atoms with Crippen LogP contribution < -0.4 is 5.73 Å². The number of ketones is 1. The lowest BCUT2D eigenvalue weighted by Crippen LogP contribution is -2.19. The first kappa shape index (κ1) is 10.4. The van der Waals surface area contributed by atoms with Crippen molar-refractivity contribution in [2.45, 2.75) is 25.7 Å². The molecule has 0 bridgehead atoms. The molecule has 0 unspecified atom stereocenters. The Morgan fingerprint density at radius 1 is 1.47 bits per heavy atom. The SMILES string of the molecule is NCCc1nc(=S)[nH]c2c1C(=O)CCC2. The largest absolute Gasteiger partial charge is 0.334 e. The van der Waals surface area contributed by atoms with E-state index in [1.165, 1.54) is 0 Å². The highest BCUT2D eigenvalue weighted by Crippen LogP contribution is 2.21. The summed E-state index contributed by atoms with van der Waals surface area (Å²) >= 11 is 5.02. The number of hydrogen-bond donors (Lipinski definition) is 2. The third kappa shape index (κ3) is 1.98. The van der Waals surface area contributed by atoms with Crippen LogP contribution >= 0.6 is 12.2 Å². The second kappa shape index (κ2) is 4.20. The third-order valence-corrected chi connectivity index (χ3v) is 2.77. The molecule has 0 radical (unpaired) electrons. The standard InChI is InChI=1S/C10H13N3OS/c11-5-4-7-9-6(12-10(15)13-7)2-1-3-8(9)14/h1-5,11H2,(H,12,13,15). The molecule has 4 nitrogen and oxygen atoms in total. The Labute approximate surface area is 92.9 Å². The Balaban J connectivity index is 2.58. The summed E-state index contributed by atoms with van der Waals surface area (Å²) in [7, 11) is 0. The number of carbonyl (C=O) groups excluding carboxylic acids is 1. The molecule has 0 aliphatic heterocycles. The normalized spacial score (nSPS) is 15.1. The number of aromatic nitrogens is 2. The lowest BCUT2D eigenvalue weighted by atomic mass is 9.92. The summed E-state index contributed by atoms with van der Waals surface area (Å²) in [4.78, 5) is 18.9. The Bertz CT molecular complexity index is 452. The third-order valence-electron chi connectivity index (χ3n) is 2.58. The van der Waals surface area contributed by atoms with Crippen LogP contribution in [0.2, 0.25) is 0 Å². The summed E-state index contributed by atoms with van der Waals surface area (Å²) in [5, 5.41) is 0. The van der Waals surface area contributed by atoms with Gasteiger partial charge in [0.05, 0.1) is 11.3 Å². The fraction of sp³-hybridized carbons (Fsp3) is 0.500. The van der Waals surface area contributed by atoms with E-state index in [4.69, 9.17) is 18.0 Å². The number of aromatic amines is 1. The fourth-order valence-electron chi connectivity index (χ4n) is 1.96. The average Bonchev–Trinajstić information content (AvgIpc) is 2.17. The maximum atomic E-state index is 11.8. The number of hydrogen-bond acceptors (Lipinski definition) is 4. The van der Waals surface area contributed by atoms with Gasteiger partial charge in [0.1, 0.15) is 0 Å². The quantitative estimate of drug-likeness (QED) is 0.738. The van der Waals surface area contributed by atoms with Crippen molar-refractivity contribution >= 4 is 18.0 Å². The monoisotopic (exact) mass is 223 g/mol. The molecule has 0 spiro atoms. The maximum absolute atomic E-state index is 11.8. The van der Waals surface area contributed by atoms with E-state index in [0.717, 1.165) is 29.8 Å². The molecule has 0 amide bonds. The van der Waals surface area contributed by atoms with Gasteiger partial charge in [0.15, 0.2) is 10.6 Å². The second-order valence-corrected chi connectivity index (χ2v) is 4.04. The van der Waals surface area contributed by atoms with Gasteiger partial charge in [0.25, 0.3) is 0 Å². The van der Waals surface area contributed by atoms with Crippen LogP contribution in [0.25, 0.3) is 0 Å². The number of H-pyrrole nitrogens is 1. The van der Waals surface area contributed by atoms with Crippen LogP contribution in [0.3, 0.4) is 0 Å². The Morgan fingerprint density at radius 2 is 2.27 bits per heavy atom. The molecule has 1 aliphatic carbocycles. The molecule has 0 atom stereocenters. The Hall–Kier alpha value is -1.07. The van der Waals surface area contributed by atoms with Crippen molar-refractivity contribution in [3.05, 3.63) is 21.7 Å². The molecule has 1 heterocycles. The molecule has 80 valence electrons. The zero-order valence-corrected chi connectivity index (χ0v) is 9.19. The Morgan fingerprint density at radius 3 is 3.00 bits per heavy atom. The summed E-state index contributed by atoms with van der Waals surface area (Å²) in [6.45, 7) is 0.492. The van der Waals surface area contributed by atoms with Crippen molar-refractivity contribution in [2.24, 2.45) is 5.73 Å². The van der Waals surface area contributed by atoms with Gasteiger partial charge >= 0.3 is 0 Å². The van der Waals surface area contributed by atoms with Crippen LogP contribution in [0.4, 0.5) is 0 Å². The van der Waals surface area contributed by atoms with Gasteiger partial charge in [-0.15, -0.1) is 0 Å². The van der Waals surface area contributed by atoms with Gasteiger partial charge in [0, 0.05) is 18.5 Å². The number of aryl methyl sites for hydroxylation is 1. The van der Waals surface area contributed by atoms with Crippen LogP contribution in [0.15, 0.2) is 0 Å². The highest BCUT2D eigenvalue weighted by Gasteiger charge is 2.21. The molecule has 0 saturated carbocycles. The van der Waals surface area contributed by atoms with Gasteiger partial charge in [-0.05, 0) is 31.6 Å². The predicted octanol–water partition coefficient (Wildman–Crippen LogP) is 1.16. The van der Waals surface area contributed by atoms with E-state index < -0.39 is 0 Å². The lowest BCUT2D eigenvalue weighted by Gasteiger charge is -2.16. The van der Waals surface area contributed by atoms with Gasteiger partial charge < -0.3 is 10.7 Å². The van der Waals surface area contributed by atoms with Crippen LogP contribution in [0.1, 0.15) is 34.6 Å². The minimum atomic E-state index is 0.165. The number of fused-ring (bicyclic) bond motifs is 1. The van der Waals surface area contributed by atoms with Crippen molar-refractivity contribution in [3.63, 3.8) is 0 Å². The Kier molecular flexibility index (Phi) is 2.93. The molecule has 1 aromatic rings. The number of rotatable bonds is 2. The molecule has 1 aliphatic rings. The molecule has 0 fully saturated rings. The van der Waals surface area contributed by atoms with Gasteiger partial charge in [0.2, 0.25) is 0 Å². The first-order valence-corrected chi connectivity index (χ1v) is 5.48. The summed E-state index contributed by atoms with van der Waals surface area (Å²) in [5.74, 6) is 0.165. The highest BCUT2D eigenvalue weighted by molar-refractivity contribution is 7.71. The molecule has 5 heteroatoms. The summed E-state index contributed by atoms with van der Waals surface area (Å²) in [5.41, 5.74) is 7.93. The first-order chi connectivity index (χ1) is 7.22. The van der Waals surface area contributed by atoms with Crippen molar-refractivity contribution in [2.75, 3.05) is 6.54 Å². The van der Waals surface area contributed by atoms with Gasteiger partial charge in [-0.3, -0.25) is 4.79 Å². The van der Waals surface area contributed by atoms with E-state index in [-0.39, 0.29) is 5.78 Å². The zero-order valence-electron chi connectivity index (χ0n) is 8.38. The maximum Gasteiger partial charge on any atom is 0.197 e. The number of nitrogens with one attached hydrogen (secondary N) is 1. The molecule has 3 N–H and O–H groups in total. The average molecular weight is 223 g/mol. The van der Waals surface area contributed by atoms with Crippen LogP contribution in [-0.4, -0.2) is 22.3 Å². The minimum absolute atomic E-state index is 0.165. The van der Waals surface area contributed by atoms with E-state index >= 15 is 0 Å². The summed E-state index contributed by atoms with van der Waals surface area (Å²) < 4.78 is 0.451. The first-order valence-electron chi connectivity index (χ1n) is 5.07. The van der Waals surface area contributed by atoms with Crippen LogP contribution in [0, 0.1) is 4.77 Å². The molecule has 0 saturated heterocycles. The second-order valence-electron chi connectivity index (χ2n) is 3.66.